The Morgan fingerprint density at radius 1 is 1.55 bits per heavy atom. The van der Waals surface area contributed by atoms with Gasteiger partial charge in [0.2, 0.25) is 0 Å². The SMILES string of the molecule is Cn1ccnc1SCCNC(=O)c1cc2c(s1)CCC2. The van der Waals surface area contributed by atoms with Gasteiger partial charge in [-0.2, -0.15) is 0 Å². The summed E-state index contributed by atoms with van der Waals surface area (Å²) in [5, 5.41) is 3.96. The molecule has 1 aliphatic rings. The third-order valence-corrected chi connectivity index (χ3v) is 5.66. The third kappa shape index (κ3) is 2.91. The molecule has 0 radical (unpaired) electrons. The minimum Gasteiger partial charge on any atom is -0.350 e. The number of carbonyl (C=O) groups is 1. The molecule has 2 heterocycles. The van der Waals surface area contributed by atoms with Crippen molar-refractivity contribution in [2.45, 2.75) is 24.4 Å². The lowest BCUT2D eigenvalue weighted by Crippen LogP contribution is -2.25. The van der Waals surface area contributed by atoms with Crippen LogP contribution in [0, 0.1) is 0 Å². The van der Waals surface area contributed by atoms with Crippen LogP contribution in [0.25, 0.3) is 0 Å². The monoisotopic (exact) mass is 307 g/mol. The average Bonchev–Trinajstić information content (AvgIpc) is 3.09. The fourth-order valence-electron chi connectivity index (χ4n) is 2.33. The van der Waals surface area contributed by atoms with Crippen molar-refractivity contribution in [3.8, 4) is 0 Å². The molecular formula is C14H17N3OS2. The van der Waals surface area contributed by atoms with E-state index >= 15 is 0 Å². The number of imidazole rings is 1. The summed E-state index contributed by atoms with van der Waals surface area (Å²) < 4.78 is 1.98. The highest BCUT2D eigenvalue weighted by Crippen LogP contribution is 2.30. The fourth-order valence-corrected chi connectivity index (χ4v) is 4.28. The second kappa shape index (κ2) is 6.01. The predicted molar refractivity (Wildman–Crippen MR) is 82.6 cm³/mol. The average molecular weight is 307 g/mol. The van der Waals surface area contributed by atoms with Gasteiger partial charge >= 0.3 is 0 Å². The molecule has 0 aliphatic heterocycles. The van der Waals surface area contributed by atoms with Crippen molar-refractivity contribution in [1.29, 1.82) is 0 Å². The molecule has 0 unspecified atom stereocenters. The van der Waals surface area contributed by atoms with Crippen LogP contribution in [0.2, 0.25) is 0 Å². The first-order chi connectivity index (χ1) is 9.74. The van der Waals surface area contributed by atoms with Crippen LogP contribution in [0.15, 0.2) is 23.6 Å². The van der Waals surface area contributed by atoms with E-state index in [9.17, 15) is 4.79 Å². The second-order valence-corrected chi connectivity index (χ2v) is 7.04. The van der Waals surface area contributed by atoms with E-state index in [-0.39, 0.29) is 5.91 Å². The van der Waals surface area contributed by atoms with Crippen molar-refractivity contribution in [1.82, 2.24) is 14.9 Å². The van der Waals surface area contributed by atoms with E-state index < -0.39 is 0 Å². The number of amides is 1. The lowest BCUT2D eigenvalue weighted by molar-refractivity contribution is 0.0960. The van der Waals surface area contributed by atoms with E-state index in [1.54, 1.807) is 29.3 Å². The molecule has 0 spiro atoms. The number of aromatic nitrogens is 2. The number of thioether (sulfide) groups is 1. The zero-order chi connectivity index (χ0) is 13.9. The standard InChI is InChI=1S/C14H17N3OS2/c1-17-7-5-16-14(17)19-8-6-15-13(18)12-9-10-3-2-4-11(10)20-12/h5,7,9H,2-4,6,8H2,1H3,(H,15,18). The Labute approximate surface area is 126 Å². The molecular weight excluding hydrogens is 290 g/mol. The number of fused-ring (bicyclic) bond motifs is 1. The third-order valence-electron chi connectivity index (χ3n) is 3.37. The molecule has 0 fully saturated rings. The maximum absolute atomic E-state index is 12.0. The van der Waals surface area contributed by atoms with E-state index in [1.165, 1.54) is 16.9 Å². The number of hydrogen-bond donors (Lipinski definition) is 1. The maximum atomic E-state index is 12.0. The van der Waals surface area contributed by atoms with Gasteiger partial charge < -0.3 is 9.88 Å². The van der Waals surface area contributed by atoms with Crippen molar-refractivity contribution in [3.05, 3.63) is 33.8 Å². The Morgan fingerprint density at radius 2 is 2.45 bits per heavy atom. The summed E-state index contributed by atoms with van der Waals surface area (Å²) in [5.74, 6) is 0.895. The Balaban J connectivity index is 1.46. The van der Waals surface area contributed by atoms with Gasteiger partial charge in [0.1, 0.15) is 0 Å². The Morgan fingerprint density at radius 3 is 3.20 bits per heavy atom. The summed E-state index contributed by atoms with van der Waals surface area (Å²) in [5.41, 5.74) is 1.38. The molecule has 1 N–H and O–H groups in total. The number of aryl methyl sites for hydroxylation is 3. The lowest BCUT2D eigenvalue weighted by atomic mass is 10.2. The number of hydrogen-bond acceptors (Lipinski definition) is 4. The van der Waals surface area contributed by atoms with E-state index in [4.69, 9.17) is 0 Å². The number of nitrogens with zero attached hydrogens (tertiary/aromatic N) is 2. The summed E-state index contributed by atoms with van der Waals surface area (Å²) in [6.07, 6.45) is 7.22. The molecule has 1 amide bonds. The first kappa shape index (κ1) is 13.7. The van der Waals surface area contributed by atoms with E-state index in [2.05, 4.69) is 16.4 Å². The van der Waals surface area contributed by atoms with Gasteiger partial charge in [0, 0.05) is 36.6 Å². The van der Waals surface area contributed by atoms with Crippen LogP contribution >= 0.6 is 23.1 Å². The van der Waals surface area contributed by atoms with Gasteiger partial charge in [-0.25, -0.2) is 4.98 Å². The van der Waals surface area contributed by atoms with Crippen LogP contribution in [0.3, 0.4) is 0 Å². The smallest absolute Gasteiger partial charge is 0.261 e. The number of rotatable bonds is 5. The number of thiophene rings is 1. The Kier molecular flexibility index (Phi) is 4.12. The predicted octanol–water partition coefficient (Wildman–Crippen LogP) is 2.49. The topological polar surface area (TPSA) is 46.9 Å². The molecule has 0 atom stereocenters. The van der Waals surface area contributed by atoms with Crippen molar-refractivity contribution >= 4 is 29.0 Å². The summed E-state index contributed by atoms with van der Waals surface area (Å²) in [6, 6.07) is 2.06. The molecule has 0 saturated heterocycles. The summed E-state index contributed by atoms with van der Waals surface area (Å²) in [4.78, 5) is 18.5. The zero-order valence-electron chi connectivity index (χ0n) is 11.4. The van der Waals surface area contributed by atoms with Gasteiger partial charge in [-0.1, -0.05) is 11.8 Å². The van der Waals surface area contributed by atoms with Crippen LogP contribution in [0.1, 0.15) is 26.5 Å². The molecule has 1 aliphatic carbocycles. The highest BCUT2D eigenvalue weighted by Gasteiger charge is 2.18. The minimum atomic E-state index is 0.0600. The number of nitrogens with one attached hydrogen (secondary N) is 1. The fraction of sp³-hybridized carbons (Fsp3) is 0.429. The summed E-state index contributed by atoms with van der Waals surface area (Å²) >= 11 is 3.31. The van der Waals surface area contributed by atoms with Gasteiger partial charge in [0.15, 0.2) is 5.16 Å². The van der Waals surface area contributed by atoms with E-state index in [0.29, 0.717) is 6.54 Å². The first-order valence-corrected chi connectivity index (χ1v) is 8.54. The molecule has 4 nitrogen and oxygen atoms in total. The summed E-state index contributed by atoms with van der Waals surface area (Å²) in [6.45, 7) is 0.666. The molecule has 2 aromatic heterocycles. The van der Waals surface area contributed by atoms with Crippen molar-refractivity contribution in [3.63, 3.8) is 0 Å². The zero-order valence-corrected chi connectivity index (χ0v) is 13.0. The highest BCUT2D eigenvalue weighted by molar-refractivity contribution is 7.99. The molecule has 0 aromatic carbocycles. The molecule has 0 saturated carbocycles. The van der Waals surface area contributed by atoms with Gasteiger partial charge in [-0.3, -0.25) is 4.79 Å². The minimum absolute atomic E-state index is 0.0600. The van der Waals surface area contributed by atoms with Gasteiger partial charge in [-0.05, 0) is 30.9 Å². The van der Waals surface area contributed by atoms with Crippen LogP contribution in [-0.4, -0.2) is 27.8 Å². The van der Waals surface area contributed by atoms with Crippen LogP contribution in [0.4, 0.5) is 0 Å². The lowest BCUT2D eigenvalue weighted by Gasteiger charge is -2.03. The molecule has 106 valence electrons. The van der Waals surface area contributed by atoms with Crippen molar-refractivity contribution in [2.24, 2.45) is 7.05 Å². The molecule has 2 aromatic rings. The summed E-state index contributed by atoms with van der Waals surface area (Å²) in [7, 11) is 1.97. The van der Waals surface area contributed by atoms with Crippen LogP contribution in [0.5, 0.6) is 0 Å². The van der Waals surface area contributed by atoms with E-state index in [0.717, 1.165) is 28.6 Å². The quantitative estimate of drug-likeness (QED) is 0.682. The van der Waals surface area contributed by atoms with Crippen molar-refractivity contribution < 1.29 is 4.79 Å². The molecule has 20 heavy (non-hydrogen) atoms. The molecule has 3 rings (SSSR count). The normalized spacial score (nSPS) is 13.4. The second-order valence-electron chi connectivity index (χ2n) is 4.84. The highest BCUT2D eigenvalue weighted by atomic mass is 32.2. The van der Waals surface area contributed by atoms with Gasteiger partial charge in [0.05, 0.1) is 4.88 Å². The van der Waals surface area contributed by atoms with E-state index in [1.807, 2.05) is 17.8 Å². The largest absolute Gasteiger partial charge is 0.350 e. The molecule has 0 bridgehead atoms. The van der Waals surface area contributed by atoms with Crippen LogP contribution in [-0.2, 0) is 19.9 Å². The van der Waals surface area contributed by atoms with Crippen LogP contribution < -0.4 is 5.32 Å². The van der Waals surface area contributed by atoms with Gasteiger partial charge in [0.25, 0.3) is 5.91 Å². The Bertz CT molecular complexity index is 596. The van der Waals surface area contributed by atoms with Gasteiger partial charge in [-0.15, -0.1) is 11.3 Å². The maximum Gasteiger partial charge on any atom is 0.261 e. The number of carbonyl (C=O) groups excluding carboxylic acids is 1. The van der Waals surface area contributed by atoms with Crippen molar-refractivity contribution in [2.75, 3.05) is 12.3 Å². The molecule has 6 heteroatoms. The Hall–Kier alpha value is -1.27. The first-order valence-electron chi connectivity index (χ1n) is 6.74.